The minimum absolute atomic E-state index is 0.0587. The number of carbonyl (C=O) groups excluding carboxylic acids is 1. The summed E-state index contributed by atoms with van der Waals surface area (Å²) in [4.78, 5) is 19.3. The Kier molecular flexibility index (Phi) is 6.75. The highest BCUT2D eigenvalue weighted by Crippen LogP contribution is 2.17. The van der Waals surface area contributed by atoms with E-state index in [-0.39, 0.29) is 18.1 Å². The third kappa shape index (κ3) is 5.78. The average molecular weight is 396 g/mol. The third-order valence-corrected chi connectivity index (χ3v) is 5.63. The zero-order valence-corrected chi connectivity index (χ0v) is 16.8. The fourth-order valence-electron chi connectivity index (χ4n) is 3.89. The van der Waals surface area contributed by atoms with Crippen molar-refractivity contribution >= 4 is 5.91 Å². The van der Waals surface area contributed by atoms with Gasteiger partial charge in [0.2, 0.25) is 5.88 Å². The predicted octanol–water partition coefficient (Wildman–Crippen LogP) is 3.03. The molecule has 2 aromatic rings. The first-order valence-electron chi connectivity index (χ1n) is 10.5. The van der Waals surface area contributed by atoms with Gasteiger partial charge in [-0.25, -0.2) is 4.98 Å². The minimum Gasteiger partial charge on any atom is -0.474 e. The van der Waals surface area contributed by atoms with Crippen molar-refractivity contribution in [3.63, 3.8) is 0 Å². The van der Waals surface area contributed by atoms with E-state index in [0.29, 0.717) is 11.4 Å². The quantitative estimate of drug-likeness (QED) is 0.815. The lowest BCUT2D eigenvalue weighted by Crippen LogP contribution is -2.44. The Morgan fingerprint density at radius 1 is 1.07 bits per heavy atom. The molecule has 1 aromatic heterocycles. The molecule has 154 valence electrons. The van der Waals surface area contributed by atoms with Crippen LogP contribution in [0.25, 0.3) is 0 Å². The van der Waals surface area contributed by atoms with Crippen molar-refractivity contribution in [1.82, 2.24) is 15.2 Å². The molecular weight excluding hydrogens is 366 g/mol. The molecule has 6 heteroatoms. The van der Waals surface area contributed by atoms with Gasteiger partial charge in [0.15, 0.2) is 0 Å². The number of aromatic nitrogens is 1. The van der Waals surface area contributed by atoms with Crippen LogP contribution in [0.5, 0.6) is 5.88 Å². The van der Waals surface area contributed by atoms with E-state index in [4.69, 9.17) is 9.47 Å². The molecule has 6 nitrogen and oxygen atoms in total. The summed E-state index contributed by atoms with van der Waals surface area (Å²) in [6.45, 7) is 4.43. The summed E-state index contributed by atoms with van der Waals surface area (Å²) >= 11 is 0. The summed E-state index contributed by atoms with van der Waals surface area (Å²) in [5, 5.41) is 3.16. The first kappa shape index (κ1) is 19.9. The summed E-state index contributed by atoms with van der Waals surface area (Å²) in [7, 11) is 0. The molecule has 0 aliphatic carbocycles. The maximum absolute atomic E-state index is 12.6. The van der Waals surface area contributed by atoms with Crippen LogP contribution in [0.4, 0.5) is 0 Å². The minimum atomic E-state index is -0.0587. The largest absolute Gasteiger partial charge is 0.474 e. The Balaban J connectivity index is 1.22. The number of hydrogen-bond donors (Lipinski definition) is 1. The van der Waals surface area contributed by atoms with Gasteiger partial charge >= 0.3 is 0 Å². The number of amides is 1. The van der Waals surface area contributed by atoms with Crippen LogP contribution >= 0.6 is 0 Å². The van der Waals surface area contributed by atoms with Crippen LogP contribution in [0.2, 0.25) is 0 Å². The smallest absolute Gasteiger partial charge is 0.253 e. The second-order valence-electron chi connectivity index (χ2n) is 7.82. The molecule has 4 rings (SSSR count). The molecule has 2 aliphatic heterocycles. The molecule has 29 heavy (non-hydrogen) atoms. The van der Waals surface area contributed by atoms with E-state index in [9.17, 15) is 4.79 Å². The molecule has 0 spiro atoms. The summed E-state index contributed by atoms with van der Waals surface area (Å²) in [5.74, 6) is 0.513. The Morgan fingerprint density at radius 3 is 2.52 bits per heavy atom. The average Bonchev–Trinajstić information content (AvgIpc) is 2.77. The zero-order valence-electron chi connectivity index (χ0n) is 16.8. The summed E-state index contributed by atoms with van der Waals surface area (Å²) in [6, 6.07) is 14.3. The third-order valence-electron chi connectivity index (χ3n) is 5.63. The summed E-state index contributed by atoms with van der Waals surface area (Å²) in [5.41, 5.74) is 1.92. The molecular formula is C23H29N3O3. The van der Waals surface area contributed by atoms with Crippen LogP contribution in [0.15, 0.2) is 48.7 Å². The fraction of sp³-hybridized carbons (Fsp3) is 0.478. The van der Waals surface area contributed by atoms with Gasteiger partial charge in [-0.15, -0.1) is 0 Å². The van der Waals surface area contributed by atoms with Gasteiger partial charge in [-0.05, 0) is 24.5 Å². The highest BCUT2D eigenvalue weighted by atomic mass is 16.5. The lowest BCUT2D eigenvalue weighted by atomic mass is 10.0. The van der Waals surface area contributed by atoms with E-state index in [1.165, 1.54) is 5.56 Å². The molecule has 1 N–H and O–H groups in total. The van der Waals surface area contributed by atoms with Crippen LogP contribution in [0.1, 0.15) is 41.6 Å². The molecule has 0 radical (unpaired) electrons. The molecule has 0 bridgehead atoms. The Labute approximate surface area is 172 Å². The van der Waals surface area contributed by atoms with Crippen LogP contribution in [0.3, 0.4) is 0 Å². The number of rotatable bonds is 6. The number of carbonyl (C=O) groups is 1. The van der Waals surface area contributed by atoms with Crippen molar-refractivity contribution in [2.24, 2.45) is 0 Å². The molecule has 2 fully saturated rings. The van der Waals surface area contributed by atoms with E-state index in [2.05, 4.69) is 39.5 Å². The van der Waals surface area contributed by atoms with Crippen molar-refractivity contribution in [3.8, 4) is 5.88 Å². The summed E-state index contributed by atoms with van der Waals surface area (Å²) in [6.07, 6.45) is 5.46. The maximum Gasteiger partial charge on any atom is 0.253 e. The van der Waals surface area contributed by atoms with Gasteiger partial charge in [0.05, 0.1) is 18.8 Å². The monoisotopic (exact) mass is 395 g/mol. The highest BCUT2D eigenvalue weighted by molar-refractivity contribution is 5.94. The van der Waals surface area contributed by atoms with Crippen molar-refractivity contribution in [2.75, 3.05) is 26.3 Å². The first-order chi connectivity index (χ1) is 14.3. The topological polar surface area (TPSA) is 63.7 Å². The highest BCUT2D eigenvalue weighted by Gasteiger charge is 2.21. The number of piperidine rings is 1. The second kappa shape index (κ2) is 9.85. The van der Waals surface area contributed by atoms with Gasteiger partial charge < -0.3 is 14.8 Å². The number of nitrogens with one attached hydrogen (secondary N) is 1. The molecule has 1 amide bonds. The fourth-order valence-corrected chi connectivity index (χ4v) is 3.89. The molecule has 2 saturated heterocycles. The van der Waals surface area contributed by atoms with Crippen LogP contribution in [-0.4, -0.2) is 54.2 Å². The molecule has 2 aliphatic rings. The Bertz CT molecular complexity index is 768. The van der Waals surface area contributed by atoms with E-state index >= 15 is 0 Å². The van der Waals surface area contributed by atoms with Gasteiger partial charge in [-0.2, -0.15) is 0 Å². The Morgan fingerprint density at radius 2 is 1.83 bits per heavy atom. The SMILES string of the molecule is O=C(NC1CCN(Cc2ccccc2)CC1)c1ccc(OC2CCOCC2)nc1. The first-order valence-corrected chi connectivity index (χ1v) is 10.5. The van der Waals surface area contributed by atoms with Crippen molar-refractivity contribution in [1.29, 1.82) is 0 Å². The standard InChI is InChI=1S/C23H29N3O3/c27-23(19-6-7-22(24-16-19)29-21-10-14-28-15-11-21)25-20-8-12-26(13-9-20)17-18-4-2-1-3-5-18/h1-7,16,20-21H,8-15,17H2,(H,25,27). The van der Waals surface area contributed by atoms with E-state index in [0.717, 1.165) is 58.5 Å². The zero-order chi connectivity index (χ0) is 19.9. The van der Waals surface area contributed by atoms with Crippen LogP contribution in [-0.2, 0) is 11.3 Å². The number of likely N-dealkylation sites (tertiary alicyclic amines) is 1. The van der Waals surface area contributed by atoms with E-state index in [1.54, 1.807) is 18.3 Å². The van der Waals surface area contributed by atoms with Gasteiger partial charge in [-0.3, -0.25) is 9.69 Å². The number of benzene rings is 1. The molecule has 3 heterocycles. The molecule has 1 aromatic carbocycles. The number of hydrogen-bond acceptors (Lipinski definition) is 5. The maximum atomic E-state index is 12.6. The predicted molar refractivity (Wildman–Crippen MR) is 111 cm³/mol. The second-order valence-corrected chi connectivity index (χ2v) is 7.82. The Hall–Kier alpha value is -2.44. The normalized spacial score (nSPS) is 19.0. The molecule has 0 saturated carbocycles. The number of pyridine rings is 1. The van der Waals surface area contributed by atoms with Gasteiger partial charge in [0, 0.05) is 50.8 Å². The molecule has 0 atom stereocenters. The van der Waals surface area contributed by atoms with Crippen molar-refractivity contribution in [2.45, 2.75) is 44.4 Å². The lowest BCUT2D eigenvalue weighted by Gasteiger charge is -2.32. The van der Waals surface area contributed by atoms with Crippen molar-refractivity contribution in [3.05, 3.63) is 59.8 Å². The van der Waals surface area contributed by atoms with Gasteiger partial charge in [-0.1, -0.05) is 30.3 Å². The number of nitrogens with zero attached hydrogens (tertiary/aromatic N) is 2. The van der Waals surface area contributed by atoms with E-state index in [1.807, 2.05) is 6.07 Å². The van der Waals surface area contributed by atoms with E-state index < -0.39 is 0 Å². The number of ether oxygens (including phenoxy) is 2. The summed E-state index contributed by atoms with van der Waals surface area (Å²) < 4.78 is 11.2. The van der Waals surface area contributed by atoms with Crippen LogP contribution in [0, 0.1) is 0 Å². The lowest BCUT2D eigenvalue weighted by molar-refractivity contribution is 0.0237. The van der Waals surface area contributed by atoms with Gasteiger partial charge in [0.1, 0.15) is 6.10 Å². The molecule has 0 unspecified atom stereocenters. The van der Waals surface area contributed by atoms with Gasteiger partial charge in [0.25, 0.3) is 5.91 Å². The van der Waals surface area contributed by atoms with Crippen LogP contribution < -0.4 is 10.1 Å². The van der Waals surface area contributed by atoms with Crippen molar-refractivity contribution < 1.29 is 14.3 Å².